The summed E-state index contributed by atoms with van der Waals surface area (Å²) in [5, 5.41) is 11.5. The predicted molar refractivity (Wildman–Crippen MR) is 74.2 cm³/mol. The van der Waals surface area contributed by atoms with E-state index in [9.17, 15) is 0 Å². The third-order valence-corrected chi connectivity index (χ3v) is 2.58. The summed E-state index contributed by atoms with van der Waals surface area (Å²) in [5.41, 5.74) is 5.71. The van der Waals surface area contributed by atoms with E-state index in [-0.39, 0.29) is 17.5 Å². The number of hydrogen-bond acceptors (Lipinski definition) is 7. The van der Waals surface area contributed by atoms with Gasteiger partial charge in [-0.1, -0.05) is 11.2 Å². The van der Waals surface area contributed by atoms with Crippen molar-refractivity contribution in [3.63, 3.8) is 0 Å². The number of methoxy groups -OCH3 is 2. The maximum Gasteiger partial charge on any atom is 0.322 e. The average molecular weight is 290 g/mol. The number of ether oxygens (including phenoxy) is 3. The van der Waals surface area contributed by atoms with Crippen molar-refractivity contribution in [1.29, 1.82) is 0 Å². The van der Waals surface area contributed by atoms with Gasteiger partial charge in [-0.15, -0.1) is 0 Å². The second kappa shape index (κ2) is 6.42. The van der Waals surface area contributed by atoms with Gasteiger partial charge in [0.15, 0.2) is 17.3 Å². The Bertz CT molecular complexity index is 638. The zero-order valence-electron chi connectivity index (χ0n) is 11.5. The molecule has 1 aromatic carbocycles. The number of aromatic nitrogens is 2. The molecule has 21 heavy (non-hydrogen) atoms. The molecule has 0 aliphatic heterocycles. The van der Waals surface area contributed by atoms with Gasteiger partial charge in [-0.3, -0.25) is 0 Å². The summed E-state index contributed by atoms with van der Waals surface area (Å²) in [4.78, 5) is 7.99. The highest BCUT2D eigenvalue weighted by atomic mass is 16.5. The van der Waals surface area contributed by atoms with Gasteiger partial charge in [-0.05, 0) is 18.2 Å². The Labute approximate surface area is 120 Å². The zero-order valence-corrected chi connectivity index (χ0v) is 11.5. The summed E-state index contributed by atoms with van der Waals surface area (Å²) < 4.78 is 16.0. The molecule has 2 rings (SSSR count). The maximum atomic E-state index is 8.65. The van der Waals surface area contributed by atoms with Gasteiger partial charge in [0.25, 0.3) is 0 Å². The normalized spacial score (nSPS) is 11.0. The summed E-state index contributed by atoms with van der Waals surface area (Å²) in [5.74, 6) is 1.12. The first-order valence-electron chi connectivity index (χ1n) is 5.89. The molecular formula is C13H14N4O4. The molecular weight excluding hydrogens is 276 g/mol. The topological polar surface area (TPSA) is 112 Å². The summed E-state index contributed by atoms with van der Waals surface area (Å²) in [6.07, 6.45) is 1.43. The van der Waals surface area contributed by atoms with E-state index < -0.39 is 0 Å². The highest BCUT2D eigenvalue weighted by molar-refractivity contribution is 5.95. The lowest BCUT2D eigenvalue weighted by molar-refractivity contribution is 0.318. The highest BCUT2D eigenvalue weighted by Crippen LogP contribution is 2.38. The summed E-state index contributed by atoms with van der Waals surface area (Å²) in [6, 6.07) is 6.69. The van der Waals surface area contributed by atoms with E-state index in [1.54, 1.807) is 18.2 Å². The van der Waals surface area contributed by atoms with Crippen LogP contribution in [0.25, 0.3) is 0 Å². The Morgan fingerprint density at radius 1 is 1.19 bits per heavy atom. The molecule has 1 heterocycles. The molecule has 110 valence electrons. The van der Waals surface area contributed by atoms with Gasteiger partial charge in [0.1, 0.15) is 5.69 Å². The Morgan fingerprint density at radius 3 is 2.43 bits per heavy atom. The highest BCUT2D eigenvalue weighted by Gasteiger charge is 2.14. The minimum atomic E-state index is -0.144. The number of nitrogens with two attached hydrogens (primary N) is 1. The Balaban J connectivity index is 2.38. The smallest absolute Gasteiger partial charge is 0.322 e. The Kier molecular flexibility index (Phi) is 4.39. The second-order valence-corrected chi connectivity index (χ2v) is 3.80. The Morgan fingerprint density at radius 2 is 1.86 bits per heavy atom. The molecule has 0 fully saturated rings. The molecule has 0 amide bonds. The molecule has 0 unspecified atom stereocenters. The molecule has 0 atom stereocenters. The van der Waals surface area contributed by atoms with E-state index in [0.717, 1.165) is 0 Å². The minimum absolute atomic E-state index is 0.0156. The number of amidine groups is 1. The SMILES string of the molecule is COc1cccc(OC)c1Oc1nccc(/C(N)=N/O)n1. The zero-order chi connectivity index (χ0) is 15.2. The molecule has 0 radical (unpaired) electrons. The van der Waals surface area contributed by atoms with Crippen molar-refractivity contribution in [1.82, 2.24) is 9.97 Å². The summed E-state index contributed by atoms with van der Waals surface area (Å²) in [6.45, 7) is 0. The van der Waals surface area contributed by atoms with Gasteiger partial charge in [-0.25, -0.2) is 4.98 Å². The van der Waals surface area contributed by atoms with Crippen LogP contribution in [0.3, 0.4) is 0 Å². The van der Waals surface area contributed by atoms with Crippen LogP contribution in [-0.4, -0.2) is 35.2 Å². The number of hydrogen-bond donors (Lipinski definition) is 2. The maximum absolute atomic E-state index is 8.65. The van der Waals surface area contributed by atoms with Crippen molar-refractivity contribution in [2.75, 3.05) is 14.2 Å². The number of rotatable bonds is 5. The van der Waals surface area contributed by atoms with Crippen molar-refractivity contribution in [2.24, 2.45) is 10.9 Å². The average Bonchev–Trinajstić information content (AvgIpc) is 2.54. The van der Waals surface area contributed by atoms with E-state index in [0.29, 0.717) is 17.2 Å². The van der Waals surface area contributed by atoms with Crippen LogP contribution in [-0.2, 0) is 0 Å². The minimum Gasteiger partial charge on any atom is -0.493 e. The molecule has 8 heteroatoms. The molecule has 2 aromatic rings. The van der Waals surface area contributed by atoms with Crippen molar-refractivity contribution >= 4 is 5.84 Å². The molecule has 0 aliphatic rings. The first kappa shape index (κ1) is 14.4. The molecule has 0 spiro atoms. The standard InChI is InChI=1S/C13H14N4O4/c1-19-9-4-3-5-10(20-2)11(9)21-13-15-7-6-8(16-13)12(14)17-18/h3-7,18H,1-2H3,(H2,14,17). The fraction of sp³-hybridized carbons (Fsp3) is 0.154. The second-order valence-electron chi connectivity index (χ2n) is 3.80. The van der Waals surface area contributed by atoms with Crippen LogP contribution in [0.15, 0.2) is 35.6 Å². The van der Waals surface area contributed by atoms with Gasteiger partial charge in [0.05, 0.1) is 14.2 Å². The fourth-order valence-electron chi connectivity index (χ4n) is 1.59. The van der Waals surface area contributed by atoms with E-state index in [2.05, 4.69) is 15.1 Å². The number of para-hydroxylation sites is 1. The van der Waals surface area contributed by atoms with Crippen LogP contribution in [0.1, 0.15) is 5.69 Å². The molecule has 0 bridgehead atoms. The van der Waals surface area contributed by atoms with E-state index in [1.165, 1.54) is 26.5 Å². The van der Waals surface area contributed by atoms with Gasteiger partial charge in [-0.2, -0.15) is 4.98 Å². The number of nitrogens with zero attached hydrogens (tertiary/aromatic N) is 3. The lowest BCUT2D eigenvalue weighted by Gasteiger charge is -2.12. The van der Waals surface area contributed by atoms with Crippen LogP contribution in [0.2, 0.25) is 0 Å². The quantitative estimate of drug-likeness (QED) is 0.370. The summed E-state index contributed by atoms with van der Waals surface area (Å²) in [7, 11) is 3.02. The van der Waals surface area contributed by atoms with Crippen LogP contribution < -0.4 is 19.9 Å². The van der Waals surface area contributed by atoms with Gasteiger partial charge in [0, 0.05) is 6.20 Å². The molecule has 3 N–H and O–H groups in total. The van der Waals surface area contributed by atoms with E-state index in [1.807, 2.05) is 0 Å². The van der Waals surface area contributed by atoms with E-state index in [4.69, 9.17) is 25.2 Å². The van der Waals surface area contributed by atoms with Crippen molar-refractivity contribution < 1.29 is 19.4 Å². The van der Waals surface area contributed by atoms with Crippen molar-refractivity contribution in [3.8, 4) is 23.3 Å². The fourth-order valence-corrected chi connectivity index (χ4v) is 1.59. The predicted octanol–water partition coefficient (Wildman–Crippen LogP) is 1.38. The molecule has 0 aliphatic carbocycles. The van der Waals surface area contributed by atoms with Crippen LogP contribution in [0, 0.1) is 0 Å². The molecule has 8 nitrogen and oxygen atoms in total. The lowest BCUT2D eigenvalue weighted by atomic mass is 10.3. The first-order valence-corrected chi connectivity index (χ1v) is 5.89. The Hall–Kier alpha value is -3.03. The van der Waals surface area contributed by atoms with Crippen molar-refractivity contribution in [2.45, 2.75) is 0 Å². The molecule has 0 saturated carbocycles. The number of oxime groups is 1. The lowest BCUT2D eigenvalue weighted by Crippen LogP contribution is -2.15. The van der Waals surface area contributed by atoms with Gasteiger partial charge >= 0.3 is 6.01 Å². The van der Waals surface area contributed by atoms with Crippen molar-refractivity contribution in [3.05, 3.63) is 36.2 Å². The van der Waals surface area contributed by atoms with Crippen LogP contribution >= 0.6 is 0 Å². The first-order chi connectivity index (χ1) is 10.2. The summed E-state index contributed by atoms with van der Waals surface area (Å²) >= 11 is 0. The van der Waals surface area contributed by atoms with E-state index >= 15 is 0 Å². The molecule has 1 aromatic heterocycles. The van der Waals surface area contributed by atoms with Crippen LogP contribution in [0.5, 0.6) is 23.3 Å². The monoisotopic (exact) mass is 290 g/mol. The van der Waals surface area contributed by atoms with Gasteiger partial charge in [0.2, 0.25) is 5.75 Å². The third-order valence-electron chi connectivity index (χ3n) is 2.58. The number of benzene rings is 1. The van der Waals surface area contributed by atoms with Crippen LogP contribution in [0.4, 0.5) is 0 Å². The van der Waals surface area contributed by atoms with Gasteiger partial charge < -0.3 is 25.2 Å². The third kappa shape index (κ3) is 3.11. The largest absolute Gasteiger partial charge is 0.493 e. The molecule has 0 saturated heterocycles.